The fourth-order valence-electron chi connectivity index (χ4n) is 0.993. The van der Waals surface area contributed by atoms with Crippen molar-refractivity contribution in [1.29, 1.82) is 0 Å². The van der Waals surface area contributed by atoms with Crippen molar-refractivity contribution in [2.75, 3.05) is 0 Å². The molecule has 0 aliphatic carbocycles. The van der Waals surface area contributed by atoms with Gasteiger partial charge < -0.3 is 0 Å². The average molecular weight is 201 g/mol. The van der Waals surface area contributed by atoms with Crippen molar-refractivity contribution in [2.24, 2.45) is 0 Å². The number of aromatic nitrogens is 2. The van der Waals surface area contributed by atoms with Gasteiger partial charge in [-0.05, 0) is 0 Å². The maximum Gasteiger partial charge on any atom is 0.159 e. The van der Waals surface area contributed by atoms with Gasteiger partial charge >= 0.3 is 0 Å². The Kier molecular flexibility index (Phi) is 2.84. The summed E-state index contributed by atoms with van der Waals surface area (Å²) < 4.78 is 0. The zero-order chi connectivity index (χ0) is 7.68. The van der Waals surface area contributed by atoms with E-state index >= 15 is 0 Å². The molecule has 0 fully saturated rings. The summed E-state index contributed by atoms with van der Waals surface area (Å²) in [4.78, 5) is 0. The lowest BCUT2D eigenvalue weighted by Gasteiger charge is -1.95. The lowest BCUT2D eigenvalue weighted by atomic mass is 10.2. The minimum Gasteiger partial charge on any atom is -0.157 e. The van der Waals surface area contributed by atoms with Gasteiger partial charge in [0.05, 0.1) is 6.20 Å². The molecule has 0 aliphatic heterocycles. The zero-order valence-electron chi connectivity index (χ0n) is 6.07. The Balaban J connectivity index is 0.000000720. The molecule has 2 rings (SSSR count). The third-order valence-electron chi connectivity index (χ3n) is 1.53. The fourth-order valence-corrected chi connectivity index (χ4v) is 1.21. The fraction of sp³-hybridized carbons (Fsp3) is 0. The van der Waals surface area contributed by atoms with Crippen LogP contribution in [-0.2, 0) is 0 Å². The molecule has 12 heavy (non-hydrogen) atoms. The molecule has 0 saturated heterocycles. The molecule has 0 unspecified atom stereocenters. The first-order valence-corrected chi connectivity index (χ1v) is 3.61. The zero-order valence-corrected chi connectivity index (χ0v) is 7.64. The predicted octanol–water partition coefficient (Wildman–Crippen LogP) is 2.71. The SMILES string of the molecule is Cl.Clc1nncc2ccccc12. The maximum absolute atomic E-state index is 5.78. The topological polar surface area (TPSA) is 25.8 Å². The first-order valence-electron chi connectivity index (χ1n) is 3.24. The van der Waals surface area contributed by atoms with Crippen LogP contribution in [-0.4, -0.2) is 10.2 Å². The van der Waals surface area contributed by atoms with Crippen LogP contribution in [0.4, 0.5) is 0 Å². The van der Waals surface area contributed by atoms with Gasteiger partial charge in [0, 0.05) is 10.8 Å². The minimum atomic E-state index is 0. The highest BCUT2D eigenvalue weighted by molar-refractivity contribution is 6.34. The molecule has 0 bridgehead atoms. The van der Waals surface area contributed by atoms with Gasteiger partial charge in [-0.2, -0.15) is 5.10 Å². The highest BCUT2D eigenvalue weighted by Crippen LogP contribution is 2.18. The number of fused-ring (bicyclic) bond motifs is 1. The van der Waals surface area contributed by atoms with Crippen molar-refractivity contribution in [3.05, 3.63) is 35.6 Å². The Bertz CT molecular complexity index is 384. The van der Waals surface area contributed by atoms with Crippen LogP contribution in [0.2, 0.25) is 5.15 Å². The molecular weight excluding hydrogens is 195 g/mol. The summed E-state index contributed by atoms with van der Waals surface area (Å²) in [5.74, 6) is 0. The van der Waals surface area contributed by atoms with Crippen molar-refractivity contribution >= 4 is 34.8 Å². The van der Waals surface area contributed by atoms with Crippen LogP contribution >= 0.6 is 24.0 Å². The van der Waals surface area contributed by atoms with Crippen molar-refractivity contribution in [3.8, 4) is 0 Å². The number of nitrogens with zero attached hydrogens (tertiary/aromatic N) is 2. The predicted molar refractivity (Wildman–Crippen MR) is 51.8 cm³/mol. The molecule has 0 saturated carbocycles. The van der Waals surface area contributed by atoms with Gasteiger partial charge in [0.25, 0.3) is 0 Å². The summed E-state index contributed by atoms with van der Waals surface area (Å²) in [6, 6.07) is 7.75. The first-order chi connectivity index (χ1) is 5.38. The monoisotopic (exact) mass is 200 g/mol. The van der Waals surface area contributed by atoms with Gasteiger partial charge in [-0.25, -0.2) is 0 Å². The van der Waals surface area contributed by atoms with Gasteiger partial charge in [0.2, 0.25) is 0 Å². The molecule has 2 aromatic rings. The van der Waals surface area contributed by atoms with E-state index in [2.05, 4.69) is 10.2 Å². The number of benzene rings is 1. The van der Waals surface area contributed by atoms with E-state index in [1.165, 1.54) is 0 Å². The van der Waals surface area contributed by atoms with Crippen LogP contribution in [0.3, 0.4) is 0 Å². The molecular formula is C8H6Cl2N2. The van der Waals surface area contributed by atoms with Gasteiger partial charge in [0.15, 0.2) is 5.15 Å². The molecule has 1 aromatic heterocycles. The Hall–Kier alpha value is -0.860. The second-order valence-electron chi connectivity index (χ2n) is 2.22. The van der Waals surface area contributed by atoms with Crippen molar-refractivity contribution in [3.63, 3.8) is 0 Å². The lowest BCUT2D eigenvalue weighted by Crippen LogP contribution is -1.82. The normalized spacial score (nSPS) is 9.42. The number of rotatable bonds is 0. The number of hydrogen-bond donors (Lipinski definition) is 0. The summed E-state index contributed by atoms with van der Waals surface area (Å²) in [6.07, 6.45) is 1.70. The summed E-state index contributed by atoms with van der Waals surface area (Å²) in [7, 11) is 0. The second-order valence-corrected chi connectivity index (χ2v) is 2.58. The average Bonchev–Trinajstić information content (AvgIpc) is 2.06. The van der Waals surface area contributed by atoms with E-state index in [9.17, 15) is 0 Å². The standard InChI is InChI=1S/C8H5ClN2.ClH/c9-8-7-4-2-1-3-6(7)5-10-11-8;/h1-5H;1H. The quantitative estimate of drug-likeness (QED) is 0.654. The van der Waals surface area contributed by atoms with Crippen LogP contribution in [0, 0.1) is 0 Å². The molecule has 0 N–H and O–H groups in total. The Morgan fingerprint density at radius 3 is 2.67 bits per heavy atom. The van der Waals surface area contributed by atoms with E-state index in [0.29, 0.717) is 5.15 Å². The van der Waals surface area contributed by atoms with E-state index in [-0.39, 0.29) is 12.4 Å². The van der Waals surface area contributed by atoms with Gasteiger partial charge in [-0.15, -0.1) is 17.5 Å². The van der Waals surface area contributed by atoms with Crippen molar-refractivity contribution in [1.82, 2.24) is 10.2 Å². The molecule has 0 aliphatic rings. The van der Waals surface area contributed by atoms with E-state index in [0.717, 1.165) is 10.8 Å². The van der Waals surface area contributed by atoms with Gasteiger partial charge in [-0.3, -0.25) is 0 Å². The van der Waals surface area contributed by atoms with Crippen molar-refractivity contribution in [2.45, 2.75) is 0 Å². The summed E-state index contributed by atoms with van der Waals surface area (Å²) in [5.41, 5.74) is 0. The summed E-state index contributed by atoms with van der Waals surface area (Å²) in [6.45, 7) is 0. The minimum absolute atomic E-state index is 0. The van der Waals surface area contributed by atoms with Crippen LogP contribution in [0.1, 0.15) is 0 Å². The van der Waals surface area contributed by atoms with Crippen LogP contribution < -0.4 is 0 Å². The Morgan fingerprint density at radius 2 is 1.92 bits per heavy atom. The number of halogens is 2. The molecule has 2 nitrogen and oxygen atoms in total. The second kappa shape index (κ2) is 3.70. The molecule has 0 spiro atoms. The van der Waals surface area contributed by atoms with Gasteiger partial charge in [0.1, 0.15) is 0 Å². The molecule has 0 amide bonds. The first kappa shape index (κ1) is 9.23. The lowest BCUT2D eigenvalue weighted by molar-refractivity contribution is 1.05. The van der Waals surface area contributed by atoms with Crippen LogP contribution in [0.5, 0.6) is 0 Å². The van der Waals surface area contributed by atoms with E-state index in [4.69, 9.17) is 11.6 Å². The highest BCUT2D eigenvalue weighted by atomic mass is 35.5. The smallest absolute Gasteiger partial charge is 0.157 e. The molecule has 1 heterocycles. The summed E-state index contributed by atoms with van der Waals surface area (Å²) >= 11 is 5.78. The molecule has 0 radical (unpaired) electrons. The molecule has 62 valence electrons. The van der Waals surface area contributed by atoms with Crippen LogP contribution in [0.15, 0.2) is 30.5 Å². The van der Waals surface area contributed by atoms with Gasteiger partial charge in [-0.1, -0.05) is 35.9 Å². The largest absolute Gasteiger partial charge is 0.159 e. The van der Waals surface area contributed by atoms with E-state index in [1.807, 2.05) is 24.3 Å². The Labute approximate surface area is 81.0 Å². The van der Waals surface area contributed by atoms with Crippen LogP contribution in [0.25, 0.3) is 10.8 Å². The molecule has 1 aromatic carbocycles. The van der Waals surface area contributed by atoms with Crippen molar-refractivity contribution < 1.29 is 0 Å². The van der Waals surface area contributed by atoms with E-state index < -0.39 is 0 Å². The summed E-state index contributed by atoms with van der Waals surface area (Å²) in [5, 5.41) is 9.88. The maximum atomic E-state index is 5.78. The third-order valence-corrected chi connectivity index (χ3v) is 1.80. The number of hydrogen-bond acceptors (Lipinski definition) is 2. The molecule has 0 atom stereocenters. The highest BCUT2D eigenvalue weighted by Gasteiger charge is 1.96. The van der Waals surface area contributed by atoms with E-state index in [1.54, 1.807) is 6.20 Å². The molecule has 4 heteroatoms. The third kappa shape index (κ3) is 1.49. The Morgan fingerprint density at radius 1 is 1.17 bits per heavy atom.